The summed E-state index contributed by atoms with van der Waals surface area (Å²) in [5.41, 5.74) is 1.95. The molecule has 1 unspecified atom stereocenters. The largest absolute Gasteiger partial charge is 0.496 e. The van der Waals surface area contributed by atoms with Crippen LogP contribution < -0.4 is 10.1 Å². The number of methoxy groups -OCH3 is 2. The number of nitrogens with zero attached hydrogens (tertiary/aromatic N) is 1. The zero-order chi connectivity index (χ0) is 15.7. The molecule has 0 saturated carbocycles. The van der Waals surface area contributed by atoms with Crippen molar-refractivity contribution >= 4 is 0 Å². The molecule has 0 radical (unpaired) electrons. The van der Waals surface area contributed by atoms with Gasteiger partial charge in [-0.3, -0.25) is 0 Å². The van der Waals surface area contributed by atoms with Gasteiger partial charge in [-0.1, -0.05) is 11.6 Å². The summed E-state index contributed by atoms with van der Waals surface area (Å²) in [6.45, 7) is 5.91. The van der Waals surface area contributed by atoms with Crippen molar-refractivity contribution in [1.82, 2.24) is 10.2 Å². The third-order valence-electron chi connectivity index (χ3n) is 3.43. The third-order valence-corrected chi connectivity index (χ3v) is 3.43. The minimum absolute atomic E-state index is 0.512. The number of hydrogen-bond acceptors (Lipinski definition) is 5. The van der Waals surface area contributed by atoms with Gasteiger partial charge in [0, 0.05) is 38.9 Å². The van der Waals surface area contributed by atoms with E-state index in [1.54, 1.807) is 14.2 Å². The van der Waals surface area contributed by atoms with Gasteiger partial charge in [0.1, 0.15) is 5.75 Å². The van der Waals surface area contributed by atoms with Crippen LogP contribution in [0.1, 0.15) is 17.2 Å². The number of aryl methyl sites for hydroxylation is 1. The normalized spacial score (nSPS) is 12.7. The summed E-state index contributed by atoms with van der Waals surface area (Å²) in [5.74, 6) is 0.729. The van der Waals surface area contributed by atoms with E-state index in [1.807, 2.05) is 25.1 Å². The maximum Gasteiger partial charge on any atom is 0.124 e. The Morgan fingerprint density at radius 2 is 2.05 bits per heavy atom. The predicted molar refractivity (Wildman–Crippen MR) is 84.9 cm³/mol. The number of nitrogens with one attached hydrogen (secondary N) is 1. The molecule has 1 atom stereocenters. The highest BCUT2D eigenvalue weighted by molar-refractivity contribution is 5.38. The van der Waals surface area contributed by atoms with Crippen molar-refractivity contribution in [2.24, 2.45) is 0 Å². The van der Waals surface area contributed by atoms with E-state index < -0.39 is 6.10 Å². The van der Waals surface area contributed by atoms with Crippen molar-refractivity contribution in [3.8, 4) is 5.75 Å². The minimum Gasteiger partial charge on any atom is -0.496 e. The fourth-order valence-corrected chi connectivity index (χ4v) is 2.09. The molecule has 0 saturated heterocycles. The number of ether oxygens (including phenoxy) is 2. The van der Waals surface area contributed by atoms with Crippen LogP contribution >= 0.6 is 0 Å². The van der Waals surface area contributed by atoms with Crippen LogP contribution in [0.5, 0.6) is 5.75 Å². The number of aliphatic hydroxyl groups is 1. The first-order chi connectivity index (χ1) is 10.1. The van der Waals surface area contributed by atoms with Crippen LogP contribution in [0.25, 0.3) is 0 Å². The topological polar surface area (TPSA) is 54.0 Å². The lowest BCUT2D eigenvalue weighted by Gasteiger charge is -2.19. The second kappa shape index (κ2) is 9.73. The summed E-state index contributed by atoms with van der Waals surface area (Å²) < 4.78 is 10.3. The second-order valence-corrected chi connectivity index (χ2v) is 5.26. The molecule has 0 aliphatic carbocycles. The smallest absolute Gasteiger partial charge is 0.124 e. The zero-order valence-corrected chi connectivity index (χ0v) is 13.6. The van der Waals surface area contributed by atoms with Crippen LogP contribution in [0.3, 0.4) is 0 Å². The van der Waals surface area contributed by atoms with Gasteiger partial charge in [-0.05, 0) is 26.1 Å². The van der Waals surface area contributed by atoms with Gasteiger partial charge in [0.2, 0.25) is 0 Å². The summed E-state index contributed by atoms with van der Waals surface area (Å²) in [5, 5.41) is 13.6. The SMILES string of the molecule is COCCN(C)CCNCC(O)c1cc(C)ccc1OC. The standard InChI is InChI=1S/C16H28N2O3/c1-13-5-6-16(21-4)14(11-13)15(19)12-17-7-8-18(2)9-10-20-3/h5-6,11,15,17,19H,7-10,12H2,1-4H3. The lowest BCUT2D eigenvalue weighted by molar-refractivity contribution is 0.155. The van der Waals surface area contributed by atoms with E-state index in [4.69, 9.17) is 9.47 Å². The molecule has 0 aromatic heterocycles. The van der Waals surface area contributed by atoms with Crippen LogP contribution in [0.15, 0.2) is 18.2 Å². The number of likely N-dealkylation sites (N-methyl/N-ethyl adjacent to an activating group) is 1. The third kappa shape index (κ3) is 6.44. The van der Waals surface area contributed by atoms with E-state index >= 15 is 0 Å². The van der Waals surface area contributed by atoms with E-state index in [2.05, 4.69) is 17.3 Å². The lowest BCUT2D eigenvalue weighted by Crippen LogP contribution is -2.33. The van der Waals surface area contributed by atoms with Crippen LogP contribution in [0.2, 0.25) is 0 Å². The van der Waals surface area contributed by atoms with Crippen LogP contribution in [0, 0.1) is 6.92 Å². The van der Waals surface area contributed by atoms with Crippen molar-refractivity contribution in [1.29, 1.82) is 0 Å². The average molecular weight is 296 g/mol. The van der Waals surface area contributed by atoms with Crippen LogP contribution in [-0.4, -0.2) is 64.1 Å². The molecule has 0 aliphatic heterocycles. The lowest BCUT2D eigenvalue weighted by atomic mass is 10.1. The summed E-state index contributed by atoms with van der Waals surface area (Å²) >= 11 is 0. The van der Waals surface area contributed by atoms with Crippen molar-refractivity contribution < 1.29 is 14.6 Å². The van der Waals surface area contributed by atoms with Gasteiger partial charge in [0.25, 0.3) is 0 Å². The predicted octanol–water partition coefficient (Wildman–Crippen LogP) is 1.20. The van der Waals surface area contributed by atoms with Gasteiger partial charge in [-0.2, -0.15) is 0 Å². The molecule has 0 aliphatic rings. The molecule has 1 rings (SSSR count). The molecule has 0 amide bonds. The molecule has 5 nitrogen and oxygen atoms in total. The molecule has 0 bridgehead atoms. The van der Waals surface area contributed by atoms with E-state index in [0.717, 1.165) is 43.1 Å². The van der Waals surface area contributed by atoms with Gasteiger partial charge in [-0.25, -0.2) is 0 Å². The van der Waals surface area contributed by atoms with Gasteiger partial charge in [0.15, 0.2) is 0 Å². The number of benzene rings is 1. The Hall–Kier alpha value is -1.14. The summed E-state index contributed by atoms with van der Waals surface area (Å²) in [7, 11) is 5.39. The summed E-state index contributed by atoms with van der Waals surface area (Å²) in [6, 6.07) is 5.84. The van der Waals surface area contributed by atoms with Gasteiger partial charge < -0.3 is 24.8 Å². The Morgan fingerprint density at radius 1 is 1.29 bits per heavy atom. The van der Waals surface area contributed by atoms with Gasteiger partial charge in [-0.15, -0.1) is 0 Å². The van der Waals surface area contributed by atoms with Crippen molar-refractivity contribution in [2.45, 2.75) is 13.0 Å². The Bertz CT molecular complexity index is 413. The molecule has 21 heavy (non-hydrogen) atoms. The highest BCUT2D eigenvalue weighted by Crippen LogP contribution is 2.25. The number of rotatable bonds is 10. The highest BCUT2D eigenvalue weighted by Gasteiger charge is 2.13. The van der Waals surface area contributed by atoms with Crippen molar-refractivity contribution in [3.05, 3.63) is 29.3 Å². The Balaban J connectivity index is 2.37. The first-order valence-electron chi connectivity index (χ1n) is 7.29. The first kappa shape index (κ1) is 17.9. The van der Waals surface area contributed by atoms with Gasteiger partial charge >= 0.3 is 0 Å². The van der Waals surface area contributed by atoms with E-state index in [-0.39, 0.29) is 0 Å². The van der Waals surface area contributed by atoms with E-state index in [0.29, 0.717) is 6.54 Å². The highest BCUT2D eigenvalue weighted by atomic mass is 16.5. The summed E-state index contributed by atoms with van der Waals surface area (Å²) in [4.78, 5) is 2.19. The maximum atomic E-state index is 10.3. The molecule has 5 heteroatoms. The molecular weight excluding hydrogens is 268 g/mol. The second-order valence-electron chi connectivity index (χ2n) is 5.26. The fraction of sp³-hybridized carbons (Fsp3) is 0.625. The molecule has 0 spiro atoms. The monoisotopic (exact) mass is 296 g/mol. The first-order valence-corrected chi connectivity index (χ1v) is 7.29. The van der Waals surface area contributed by atoms with E-state index in [9.17, 15) is 5.11 Å². The average Bonchev–Trinajstić information content (AvgIpc) is 2.49. The van der Waals surface area contributed by atoms with E-state index in [1.165, 1.54) is 0 Å². The molecule has 2 N–H and O–H groups in total. The Kier molecular flexibility index (Phi) is 8.30. The molecule has 1 aromatic carbocycles. The van der Waals surface area contributed by atoms with Crippen molar-refractivity contribution in [2.75, 3.05) is 54.1 Å². The van der Waals surface area contributed by atoms with Crippen LogP contribution in [-0.2, 0) is 4.74 Å². The molecule has 120 valence electrons. The zero-order valence-electron chi connectivity index (χ0n) is 13.6. The maximum absolute atomic E-state index is 10.3. The Labute approximate surface area is 127 Å². The quantitative estimate of drug-likeness (QED) is 0.636. The number of hydrogen-bond donors (Lipinski definition) is 2. The van der Waals surface area contributed by atoms with Crippen molar-refractivity contribution in [3.63, 3.8) is 0 Å². The van der Waals surface area contributed by atoms with Crippen LogP contribution in [0.4, 0.5) is 0 Å². The molecular formula is C16H28N2O3. The van der Waals surface area contributed by atoms with Gasteiger partial charge in [0.05, 0.1) is 19.8 Å². The summed E-state index contributed by atoms with van der Waals surface area (Å²) in [6.07, 6.45) is -0.566. The Morgan fingerprint density at radius 3 is 2.71 bits per heavy atom. The minimum atomic E-state index is -0.566. The molecule has 1 aromatic rings. The molecule has 0 fully saturated rings. The number of aliphatic hydroxyl groups excluding tert-OH is 1. The molecule has 0 heterocycles. The fourth-order valence-electron chi connectivity index (χ4n) is 2.09.